The number of ether oxygens (including phenoxy) is 1. The summed E-state index contributed by atoms with van der Waals surface area (Å²) in [6, 6.07) is 6.75. The predicted molar refractivity (Wildman–Crippen MR) is 91.2 cm³/mol. The number of amides is 1. The lowest BCUT2D eigenvalue weighted by Gasteiger charge is -2.08. The Morgan fingerprint density at radius 2 is 2.09 bits per heavy atom. The molecule has 1 aromatic carbocycles. The molecule has 1 heterocycles. The molecule has 1 aromatic heterocycles. The van der Waals surface area contributed by atoms with E-state index >= 15 is 0 Å². The highest BCUT2D eigenvalue weighted by Gasteiger charge is 2.11. The fraction of sp³-hybridized carbons (Fsp3) is 0.214. The maximum Gasteiger partial charge on any atom is 0.442 e. The van der Waals surface area contributed by atoms with Gasteiger partial charge in [0.15, 0.2) is 0 Å². The molecular formula is C14H15BrN4O3S. The SMILES string of the molecule is CCOC(=O)N=S(C)(=O)c1cccc(Nc2ncc(Br)cn2)c1. The first-order valence-electron chi connectivity index (χ1n) is 6.64. The molecule has 7 nitrogen and oxygen atoms in total. The third-order valence-corrected chi connectivity index (χ3v) is 4.70. The summed E-state index contributed by atoms with van der Waals surface area (Å²) in [5.74, 6) is 0.398. The number of nitrogens with zero attached hydrogens (tertiary/aromatic N) is 3. The molecular weight excluding hydrogens is 384 g/mol. The van der Waals surface area contributed by atoms with Gasteiger partial charge in [-0.2, -0.15) is 0 Å². The van der Waals surface area contributed by atoms with Gasteiger partial charge in [-0.3, -0.25) is 0 Å². The molecule has 0 fully saturated rings. The minimum Gasteiger partial charge on any atom is -0.448 e. The van der Waals surface area contributed by atoms with E-state index in [4.69, 9.17) is 4.74 Å². The molecule has 0 aliphatic carbocycles. The first-order valence-corrected chi connectivity index (χ1v) is 9.36. The highest BCUT2D eigenvalue weighted by Crippen LogP contribution is 2.20. The van der Waals surface area contributed by atoms with Gasteiger partial charge in [0.25, 0.3) is 0 Å². The van der Waals surface area contributed by atoms with E-state index in [1.165, 1.54) is 6.26 Å². The Morgan fingerprint density at radius 1 is 1.39 bits per heavy atom. The van der Waals surface area contributed by atoms with Gasteiger partial charge in [0.1, 0.15) is 0 Å². The molecule has 2 rings (SSSR count). The highest BCUT2D eigenvalue weighted by molar-refractivity contribution is 9.10. The van der Waals surface area contributed by atoms with Crippen molar-refractivity contribution in [1.29, 1.82) is 0 Å². The van der Waals surface area contributed by atoms with Crippen molar-refractivity contribution in [2.24, 2.45) is 4.36 Å². The number of anilines is 2. The molecule has 0 radical (unpaired) electrons. The Kier molecular flexibility index (Phi) is 5.67. The number of benzene rings is 1. The molecule has 122 valence electrons. The Morgan fingerprint density at radius 3 is 2.74 bits per heavy atom. The summed E-state index contributed by atoms with van der Waals surface area (Å²) < 4.78 is 21.7. The second-order valence-corrected chi connectivity index (χ2v) is 7.65. The van der Waals surface area contributed by atoms with Crippen molar-refractivity contribution in [2.75, 3.05) is 18.2 Å². The third-order valence-electron chi connectivity index (χ3n) is 2.66. The second kappa shape index (κ2) is 7.51. The van der Waals surface area contributed by atoms with Crippen LogP contribution in [0, 0.1) is 0 Å². The van der Waals surface area contributed by atoms with Gasteiger partial charge in [0, 0.05) is 29.2 Å². The normalized spacial score (nSPS) is 13.0. The molecule has 1 atom stereocenters. The van der Waals surface area contributed by atoms with Crippen LogP contribution in [0.1, 0.15) is 6.92 Å². The number of nitrogens with one attached hydrogen (secondary N) is 1. The number of carbonyl (C=O) groups excluding carboxylic acids is 1. The Hall–Kier alpha value is -2.00. The van der Waals surface area contributed by atoms with Gasteiger partial charge in [0.2, 0.25) is 5.95 Å². The molecule has 2 aromatic rings. The van der Waals surface area contributed by atoms with Gasteiger partial charge >= 0.3 is 6.09 Å². The first-order chi connectivity index (χ1) is 10.9. The molecule has 1 N–H and O–H groups in total. The third kappa shape index (κ3) is 5.00. The average molecular weight is 399 g/mol. The minimum absolute atomic E-state index is 0.181. The summed E-state index contributed by atoms with van der Waals surface area (Å²) in [6.45, 7) is 1.84. The van der Waals surface area contributed by atoms with Gasteiger partial charge in [0.05, 0.1) is 20.8 Å². The average Bonchev–Trinajstić information content (AvgIpc) is 2.50. The first kappa shape index (κ1) is 17.4. The summed E-state index contributed by atoms with van der Waals surface area (Å²) in [4.78, 5) is 20.0. The molecule has 23 heavy (non-hydrogen) atoms. The summed E-state index contributed by atoms with van der Waals surface area (Å²) in [5, 5.41) is 3.00. The molecule has 1 unspecified atom stereocenters. The van der Waals surface area contributed by atoms with Crippen LogP contribution >= 0.6 is 15.9 Å². The predicted octanol–water partition coefficient (Wildman–Crippen LogP) is 3.60. The fourth-order valence-electron chi connectivity index (χ4n) is 1.66. The monoisotopic (exact) mass is 398 g/mol. The molecule has 0 saturated carbocycles. The van der Waals surface area contributed by atoms with E-state index in [0.29, 0.717) is 16.5 Å². The zero-order valence-electron chi connectivity index (χ0n) is 12.5. The quantitative estimate of drug-likeness (QED) is 0.845. The molecule has 0 saturated heterocycles. The number of halogens is 1. The van der Waals surface area contributed by atoms with Crippen molar-refractivity contribution < 1.29 is 13.7 Å². The lowest BCUT2D eigenvalue weighted by Crippen LogP contribution is -2.05. The minimum atomic E-state index is -2.89. The van der Waals surface area contributed by atoms with Crippen molar-refractivity contribution in [3.8, 4) is 0 Å². The zero-order valence-corrected chi connectivity index (χ0v) is 14.9. The Labute approximate surface area is 142 Å². The lowest BCUT2D eigenvalue weighted by atomic mass is 10.3. The number of rotatable bonds is 4. The Bertz CT molecular complexity index is 817. The van der Waals surface area contributed by atoms with Gasteiger partial charge < -0.3 is 10.1 Å². The van der Waals surface area contributed by atoms with Gasteiger partial charge in [-0.25, -0.2) is 19.0 Å². The summed E-state index contributed by atoms with van der Waals surface area (Å²) >= 11 is 3.26. The standard InChI is InChI=1S/C14H15BrN4O3S/c1-3-22-14(20)19-23(2,21)12-6-4-5-11(7-12)18-13-16-8-10(15)9-17-13/h4-9H,3H2,1-2H3,(H,16,17,18). The second-order valence-electron chi connectivity index (χ2n) is 4.47. The molecule has 0 spiro atoms. The van der Waals surface area contributed by atoms with E-state index in [2.05, 4.69) is 35.6 Å². The largest absolute Gasteiger partial charge is 0.448 e. The van der Waals surface area contributed by atoms with Gasteiger partial charge in [-0.15, -0.1) is 4.36 Å². The van der Waals surface area contributed by atoms with Crippen molar-refractivity contribution in [3.63, 3.8) is 0 Å². The van der Waals surface area contributed by atoms with Crippen LogP contribution in [-0.2, 0) is 14.5 Å². The van der Waals surface area contributed by atoms with Gasteiger partial charge in [-0.05, 0) is 41.1 Å². The summed E-state index contributed by atoms with van der Waals surface area (Å²) in [6.07, 6.45) is 3.77. The summed E-state index contributed by atoms with van der Waals surface area (Å²) in [5.41, 5.74) is 0.637. The molecule has 0 aliphatic rings. The molecule has 0 bridgehead atoms. The number of hydrogen-bond donors (Lipinski definition) is 1. The van der Waals surface area contributed by atoms with Gasteiger partial charge in [-0.1, -0.05) is 6.07 Å². The van der Waals surface area contributed by atoms with Crippen LogP contribution < -0.4 is 5.32 Å². The Balaban J connectivity index is 2.27. The number of aromatic nitrogens is 2. The van der Waals surface area contributed by atoms with Crippen LogP contribution in [0.3, 0.4) is 0 Å². The van der Waals surface area contributed by atoms with Crippen LogP contribution in [0.25, 0.3) is 0 Å². The van der Waals surface area contributed by atoms with E-state index in [-0.39, 0.29) is 6.61 Å². The van der Waals surface area contributed by atoms with Crippen LogP contribution in [0.15, 0.2) is 50.4 Å². The lowest BCUT2D eigenvalue weighted by molar-refractivity contribution is 0.164. The van der Waals surface area contributed by atoms with E-state index < -0.39 is 15.8 Å². The number of carbonyl (C=O) groups is 1. The van der Waals surface area contributed by atoms with Crippen molar-refractivity contribution in [2.45, 2.75) is 11.8 Å². The van der Waals surface area contributed by atoms with E-state index in [0.717, 1.165) is 4.47 Å². The van der Waals surface area contributed by atoms with Crippen molar-refractivity contribution >= 4 is 43.4 Å². The maximum absolute atomic E-state index is 12.6. The van der Waals surface area contributed by atoms with Crippen molar-refractivity contribution in [1.82, 2.24) is 9.97 Å². The van der Waals surface area contributed by atoms with Crippen LogP contribution in [-0.4, -0.2) is 33.1 Å². The maximum atomic E-state index is 12.6. The van der Waals surface area contributed by atoms with Crippen LogP contribution in [0.5, 0.6) is 0 Å². The van der Waals surface area contributed by atoms with E-state index in [9.17, 15) is 9.00 Å². The van der Waals surface area contributed by atoms with E-state index in [1.54, 1.807) is 43.6 Å². The van der Waals surface area contributed by atoms with Crippen LogP contribution in [0.2, 0.25) is 0 Å². The highest BCUT2D eigenvalue weighted by atomic mass is 79.9. The smallest absolute Gasteiger partial charge is 0.442 e. The van der Waals surface area contributed by atoms with Crippen molar-refractivity contribution in [3.05, 3.63) is 41.1 Å². The molecule has 9 heteroatoms. The topological polar surface area (TPSA) is 93.5 Å². The molecule has 1 amide bonds. The fourth-order valence-corrected chi connectivity index (χ4v) is 2.98. The van der Waals surface area contributed by atoms with E-state index in [1.807, 2.05) is 0 Å². The van der Waals surface area contributed by atoms with Crippen LogP contribution in [0.4, 0.5) is 16.4 Å². The summed E-state index contributed by atoms with van der Waals surface area (Å²) in [7, 11) is -2.89. The number of hydrogen-bond acceptors (Lipinski definition) is 6. The zero-order chi connectivity index (χ0) is 16.9. The molecule has 0 aliphatic heterocycles.